The molecule has 1 fully saturated rings. The lowest BCUT2D eigenvalue weighted by Gasteiger charge is -2.14. The Balaban J connectivity index is 1.62. The molecule has 0 saturated carbocycles. The van der Waals surface area contributed by atoms with Crippen LogP contribution in [0.2, 0.25) is 5.02 Å². The lowest BCUT2D eigenvalue weighted by molar-refractivity contribution is 0.280. The van der Waals surface area contributed by atoms with Gasteiger partial charge >= 0.3 is 0 Å². The first-order valence-corrected chi connectivity index (χ1v) is 7.25. The quantitative estimate of drug-likeness (QED) is 0.725. The van der Waals surface area contributed by atoms with Crippen molar-refractivity contribution in [3.8, 4) is 5.75 Å². The molecule has 3 heteroatoms. The molecule has 0 N–H and O–H groups in total. The first-order chi connectivity index (χ1) is 8.75. The van der Waals surface area contributed by atoms with E-state index in [1.807, 2.05) is 25.1 Å². The van der Waals surface area contributed by atoms with Gasteiger partial charge in [0.1, 0.15) is 5.75 Å². The topological polar surface area (TPSA) is 12.5 Å². The minimum Gasteiger partial charge on any atom is -0.492 e. The monoisotopic (exact) mass is 267 g/mol. The first kappa shape index (κ1) is 13.7. The van der Waals surface area contributed by atoms with Crippen LogP contribution >= 0.6 is 11.6 Å². The van der Waals surface area contributed by atoms with E-state index in [0.29, 0.717) is 0 Å². The predicted octanol–water partition coefficient (Wildman–Crippen LogP) is 3.90. The number of rotatable bonds is 6. The maximum atomic E-state index is 6.11. The van der Waals surface area contributed by atoms with Crippen molar-refractivity contribution in [3.05, 3.63) is 28.8 Å². The molecule has 0 spiro atoms. The molecule has 100 valence electrons. The molecule has 0 aliphatic carbocycles. The molecular formula is C15H22ClNO. The lowest BCUT2D eigenvalue weighted by atomic mass is 10.2. The molecule has 0 amide bonds. The van der Waals surface area contributed by atoms with Crippen LogP contribution in [0, 0.1) is 6.92 Å². The predicted molar refractivity (Wildman–Crippen MR) is 76.6 cm³/mol. The molecule has 2 nitrogen and oxygen atoms in total. The van der Waals surface area contributed by atoms with Crippen molar-refractivity contribution in [3.63, 3.8) is 0 Å². The molecule has 18 heavy (non-hydrogen) atoms. The summed E-state index contributed by atoms with van der Waals surface area (Å²) in [5, 5.41) is 0.717. The minimum atomic E-state index is 0.717. The van der Waals surface area contributed by atoms with Gasteiger partial charge in [-0.3, -0.25) is 0 Å². The van der Waals surface area contributed by atoms with E-state index in [0.717, 1.165) is 23.8 Å². The molecule has 1 aromatic rings. The smallest absolute Gasteiger partial charge is 0.137 e. The standard InChI is InChI=1S/C15H22ClNO/c1-13-6-7-15(14(16)12-13)18-11-5-4-10-17-8-2-3-9-17/h6-7,12H,2-5,8-11H2,1H3. The number of hydrogen-bond donors (Lipinski definition) is 0. The molecule has 0 radical (unpaired) electrons. The summed E-state index contributed by atoms with van der Waals surface area (Å²) in [4.78, 5) is 2.54. The van der Waals surface area contributed by atoms with Crippen LogP contribution in [-0.4, -0.2) is 31.1 Å². The first-order valence-electron chi connectivity index (χ1n) is 6.87. The molecule has 0 bridgehead atoms. The minimum absolute atomic E-state index is 0.717. The van der Waals surface area contributed by atoms with Gasteiger partial charge in [0, 0.05) is 0 Å². The SMILES string of the molecule is Cc1ccc(OCCCCN2CCCC2)c(Cl)c1. The van der Waals surface area contributed by atoms with E-state index in [1.54, 1.807) is 0 Å². The number of likely N-dealkylation sites (tertiary alicyclic amines) is 1. The van der Waals surface area contributed by atoms with E-state index in [-0.39, 0.29) is 0 Å². The molecule has 1 heterocycles. The average Bonchev–Trinajstić information content (AvgIpc) is 2.84. The summed E-state index contributed by atoms with van der Waals surface area (Å²) in [6, 6.07) is 5.94. The molecule has 1 saturated heterocycles. The van der Waals surface area contributed by atoms with Crippen LogP contribution in [0.15, 0.2) is 18.2 Å². The Kier molecular flexibility index (Phi) is 5.33. The normalized spacial score (nSPS) is 16.1. The van der Waals surface area contributed by atoms with Crippen LogP contribution in [0.25, 0.3) is 0 Å². The van der Waals surface area contributed by atoms with Gasteiger partial charge in [0.2, 0.25) is 0 Å². The molecule has 0 atom stereocenters. The van der Waals surface area contributed by atoms with Gasteiger partial charge in [-0.05, 0) is 69.9 Å². The number of benzene rings is 1. The summed E-state index contributed by atoms with van der Waals surface area (Å²) in [6.07, 6.45) is 5.05. The molecular weight excluding hydrogens is 246 g/mol. The number of nitrogens with zero attached hydrogens (tertiary/aromatic N) is 1. The van der Waals surface area contributed by atoms with E-state index >= 15 is 0 Å². The summed E-state index contributed by atoms with van der Waals surface area (Å²) < 4.78 is 5.71. The zero-order valence-electron chi connectivity index (χ0n) is 11.1. The summed E-state index contributed by atoms with van der Waals surface area (Å²) in [6.45, 7) is 6.57. The molecule has 1 aliphatic rings. The Labute approximate surface area is 115 Å². The highest BCUT2D eigenvalue weighted by Gasteiger charge is 2.10. The van der Waals surface area contributed by atoms with Crippen molar-refractivity contribution in [2.24, 2.45) is 0 Å². The van der Waals surface area contributed by atoms with E-state index in [1.165, 1.54) is 44.5 Å². The van der Waals surface area contributed by atoms with Gasteiger partial charge in [0.15, 0.2) is 0 Å². The summed E-state index contributed by atoms with van der Waals surface area (Å²) >= 11 is 6.11. The van der Waals surface area contributed by atoms with Crippen LogP contribution in [0.3, 0.4) is 0 Å². The van der Waals surface area contributed by atoms with Crippen molar-refractivity contribution in [2.45, 2.75) is 32.6 Å². The van der Waals surface area contributed by atoms with Crippen molar-refractivity contribution in [1.82, 2.24) is 4.90 Å². The largest absolute Gasteiger partial charge is 0.492 e. The molecule has 1 aliphatic heterocycles. The molecule has 0 unspecified atom stereocenters. The van der Waals surface area contributed by atoms with Gasteiger partial charge in [-0.1, -0.05) is 17.7 Å². The number of unbranched alkanes of at least 4 members (excludes halogenated alkanes) is 1. The van der Waals surface area contributed by atoms with Crippen molar-refractivity contribution in [2.75, 3.05) is 26.2 Å². The second-order valence-corrected chi connectivity index (χ2v) is 5.45. The maximum absolute atomic E-state index is 6.11. The second-order valence-electron chi connectivity index (χ2n) is 5.04. The van der Waals surface area contributed by atoms with Crippen LogP contribution in [0.1, 0.15) is 31.2 Å². The average molecular weight is 268 g/mol. The summed E-state index contributed by atoms with van der Waals surface area (Å²) in [5.74, 6) is 0.809. The zero-order valence-corrected chi connectivity index (χ0v) is 11.9. The van der Waals surface area contributed by atoms with Gasteiger partial charge in [0.25, 0.3) is 0 Å². The van der Waals surface area contributed by atoms with E-state index in [2.05, 4.69) is 4.90 Å². The number of aryl methyl sites for hydroxylation is 1. The van der Waals surface area contributed by atoms with Gasteiger partial charge < -0.3 is 9.64 Å². The highest BCUT2D eigenvalue weighted by Crippen LogP contribution is 2.25. The van der Waals surface area contributed by atoms with Crippen molar-refractivity contribution >= 4 is 11.6 Å². The highest BCUT2D eigenvalue weighted by atomic mass is 35.5. The fourth-order valence-corrected chi connectivity index (χ4v) is 2.64. The number of halogens is 1. The summed E-state index contributed by atoms with van der Waals surface area (Å²) in [5.41, 5.74) is 1.17. The molecule has 1 aromatic carbocycles. The third-order valence-electron chi connectivity index (χ3n) is 3.41. The fraction of sp³-hybridized carbons (Fsp3) is 0.600. The number of hydrogen-bond acceptors (Lipinski definition) is 2. The fourth-order valence-electron chi connectivity index (χ4n) is 2.35. The van der Waals surface area contributed by atoms with Gasteiger partial charge in [-0.2, -0.15) is 0 Å². The molecule has 0 aromatic heterocycles. The van der Waals surface area contributed by atoms with Gasteiger partial charge in [-0.15, -0.1) is 0 Å². The third-order valence-corrected chi connectivity index (χ3v) is 3.71. The van der Waals surface area contributed by atoms with Crippen molar-refractivity contribution in [1.29, 1.82) is 0 Å². The van der Waals surface area contributed by atoms with Crippen LogP contribution < -0.4 is 4.74 Å². The highest BCUT2D eigenvalue weighted by molar-refractivity contribution is 6.32. The molecule has 2 rings (SSSR count). The number of ether oxygens (including phenoxy) is 1. The lowest BCUT2D eigenvalue weighted by Crippen LogP contribution is -2.20. The maximum Gasteiger partial charge on any atom is 0.137 e. The van der Waals surface area contributed by atoms with Crippen molar-refractivity contribution < 1.29 is 4.74 Å². The Morgan fingerprint density at radius 3 is 2.72 bits per heavy atom. The Hall–Kier alpha value is -0.730. The Morgan fingerprint density at radius 1 is 1.22 bits per heavy atom. The van der Waals surface area contributed by atoms with Crippen LogP contribution in [0.4, 0.5) is 0 Å². The van der Waals surface area contributed by atoms with Gasteiger partial charge in [0.05, 0.1) is 11.6 Å². The van der Waals surface area contributed by atoms with Crippen LogP contribution in [0.5, 0.6) is 5.75 Å². The Bertz CT molecular complexity index is 375. The van der Waals surface area contributed by atoms with E-state index < -0.39 is 0 Å². The van der Waals surface area contributed by atoms with E-state index in [4.69, 9.17) is 16.3 Å². The van der Waals surface area contributed by atoms with Gasteiger partial charge in [-0.25, -0.2) is 0 Å². The second kappa shape index (κ2) is 7.01. The zero-order chi connectivity index (χ0) is 12.8. The van der Waals surface area contributed by atoms with Crippen LogP contribution in [-0.2, 0) is 0 Å². The third kappa shape index (κ3) is 4.18. The summed E-state index contributed by atoms with van der Waals surface area (Å²) in [7, 11) is 0. The Morgan fingerprint density at radius 2 is 2.00 bits per heavy atom. The van der Waals surface area contributed by atoms with E-state index in [9.17, 15) is 0 Å².